The maximum absolute atomic E-state index is 10.2. The fourth-order valence-corrected chi connectivity index (χ4v) is 2.31. The molecular weight excluding hydrogens is 254 g/mol. The predicted octanol–water partition coefficient (Wildman–Crippen LogP) is 2.90. The molecule has 96 valence electrons. The van der Waals surface area contributed by atoms with E-state index >= 15 is 0 Å². The minimum Gasteiger partial charge on any atom is -0.489 e. The van der Waals surface area contributed by atoms with Crippen LogP contribution < -0.4 is 9.47 Å². The first-order valence-corrected chi connectivity index (χ1v) is 6.29. The summed E-state index contributed by atoms with van der Waals surface area (Å²) in [6.07, 6.45) is 3.14. The SMILES string of the molecule is CCc1c(CN=C=O)cc(Cl)c2c1OCCCO2. The van der Waals surface area contributed by atoms with Crippen molar-refractivity contribution in [2.45, 2.75) is 26.3 Å². The standard InChI is InChI=1S/C13H14ClNO3/c1-2-10-9(7-15-8-16)6-11(14)13-12(10)17-4-3-5-18-13/h6H,2-5,7H2,1H3. The van der Waals surface area contributed by atoms with Crippen molar-refractivity contribution >= 4 is 17.7 Å². The van der Waals surface area contributed by atoms with Gasteiger partial charge in [0.25, 0.3) is 0 Å². The largest absolute Gasteiger partial charge is 0.489 e. The fraction of sp³-hybridized carbons (Fsp3) is 0.462. The molecule has 1 heterocycles. The molecule has 1 aliphatic heterocycles. The number of aliphatic imine (C=N–C) groups is 1. The molecule has 4 nitrogen and oxygen atoms in total. The maximum atomic E-state index is 10.2. The summed E-state index contributed by atoms with van der Waals surface area (Å²) in [6.45, 7) is 3.49. The molecule has 18 heavy (non-hydrogen) atoms. The molecule has 0 atom stereocenters. The fourth-order valence-electron chi connectivity index (χ4n) is 2.04. The van der Waals surface area contributed by atoms with Crippen LogP contribution in [0.15, 0.2) is 11.1 Å². The van der Waals surface area contributed by atoms with Crippen molar-refractivity contribution in [3.63, 3.8) is 0 Å². The zero-order chi connectivity index (χ0) is 13.0. The summed E-state index contributed by atoms with van der Waals surface area (Å²) in [4.78, 5) is 13.8. The highest BCUT2D eigenvalue weighted by molar-refractivity contribution is 6.32. The van der Waals surface area contributed by atoms with Gasteiger partial charge in [0.15, 0.2) is 11.5 Å². The van der Waals surface area contributed by atoms with E-state index in [9.17, 15) is 4.79 Å². The van der Waals surface area contributed by atoms with Crippen molar-refractivity contribution < 1.29 is 14.3 Å². The summed E-state index contributed by atoms with van der Waals surface area (Å²) in [7, 11) is 0. The zero-order valence-corrected chi connectivity index (χ0v) is 10.9. The van der Waals surface area contributed by atoms with Gasteiger partial charge in [0.05, 0.1) is 24.8 Å². The Bertz CT molecular complexity index is 495. The number of carbonyl (C=O) groups excluding carboxylic acids is 1. The van der Waals surface area contributed by atoms with E-state index in [1.807, 2.05) is 6.92 Å². The van der Waals surface area contributed by atoms with E-state index in [-0.39, 0.29) is 6.54 Å². The Morgan fingerprint density at radius 3 is 2.78 bits per heavy atom. The van der Waals surface area contributed by atoms with E-state index < -0.39 is 0 Å². The Morgan fingerprint density at radius 2 is 2.11 bits per heavy atom. The minimum atomic E-state index is 0.267. The molecule has 1 aromatic rings. The Balaban J connectivity index is 2.53. The van der Waals surface area contributed by atoms with E-state index in [4.69, 9.17) is 21.1 Å². The number of nitrogens with zero attached hydrogens (tertiary/aromatic N) is 1. The van der Waals surface area contributed by atoms with Gasteiger partial charge in [-0.1, -0.05) is 18.5 Å². The van der Waals surface area contributed by atoms with E-state index in [0.29, 0.717) is 29.7 Å². The lowest BCUT2D eigenvalue weighted by atomic mass is 10.0. The predicted molar refractivity (Wildman–Crippen MR) is 68.3 cm³/mol. The minimum absolute atomic E-state index is 0.267. The Morgan fingerprint density at radius 1 is 1.39 bits per heavy atom. The van der Waals surface area contributed by atoms with Crippen LogP contribution >= 0.6 is 11.6 Å². The number of halogens is 1. The van der Waals surface area contributed by atoms with Crippen LogP contribution in [0.25, 0.3) is 0 Å². The molecule has 0 aromatic heterocycles. The molecule has 0 aliphatic carbocycles. The monoisotopic (exact) mass is 267 g/mol. The van der Waals surface area contributed by atoms with Gasteiger partial charge in [-0.15, -0.1) is 0 Å². The average molecular weight is 268 g/mol. The topological polar surface area (TPSA) is 47.9 Å². The average Bonchev–Trinajstić information content (AvgIpc) is 2.62. The molecule has 1 aliphatic rings. The molecule has 0 unspecified atom stereocenters. The number of isocyanates is 1. The van der Waals surface area contributed by atoms with E-state index in [1.165, 1.54) is 6.08 Å². The Labute approximate surface area is 111 Å². The molecule has 0 saturated carbocycles. The van der Waals surface area contributed by atoms with Crippen molar-refractivity contribution in [2.75, 3.05) is 13.2 Å². The van der Waals surface area contributed by atoms with Crippen LogP contribution in [-0.2, 0) is 17.8 Å². The number of ether oxygens (including phenoxy) is 2. The lowest BCUT2D eigenvalue weighted by Gasteiger charge is -2.16. The smallest absolute Gasteiger partial charge is 0.235 e. The van der Waals surface area contributed by atoms with Gasteiger partial charge in [-0.2, -0.15) is 0 Å². The third kappa shape index (κ3) is 2.50. The van der Waals surface area contributed by atoms with Crippen LogP contribution in [0.5, 0.6) is 11.5 Å². The number of rotatable bonds is 3. The van der Waals surface area contributed by atoms with Crippen LogP contribution in [0.4, 0.5) is 0 Å². The third-order valence-electron chi connectivity index (χ3n) is 2.83. The van der Waals surface area contributed by atoms with E-state index in [1.54, 1.807) is 6.07 Å². The lowest BCUT2D eigenvalue weighted by molar-refractivity contribution is 0.296. The van der Waals surface area contributed by atoms with E-state index in [0.717, 1.165) is 24.0 Å². The van der Waals surface area contributed by atoms with E-state index in [2.05, 4.69) is 4.99 Å². The van der Waals surface area contributed by atoms with Gasteiger partial charge >= 0.3 is 0 Å². The number of hydrogen-bond acceptors (Lipinski definition) is 4. The molecule has 0 fully saturated rings. The van der Waals surface area contributed by atoms with Gasteiger partial charge in [0, 0.05) is 12.0 Å². The number of benzene rings is 1. The van der Waals surface area contributed by atoms with Crippen LogP contribution in [0.2, 0.25) is 5.02 Å². The molecule has 0 spiro atoms. The lowest BCUT2D eigenvalue weighted by Crippen LogP contribution is -2.01. The zero-order valence-electron chi connectivity index (χ0n) is 10.2. The van der Waals surface area contributed by atoms with Gasteiger partial charge in [0.1, 0.15) is 0 Å². The quantitative estimate of drug-likeness (QED) is 0.625. The number of fused-ring (bicyclic) bond motifs is 1. The van der Waals surface area contributed by atoms with Crippen molar-refractivity contribution in [2.24, 2.45) is 4.99 Å². The van der Waals surface area contributed by atoms with Crippen molar-refractivity contribution in [3.8, 4) is 11.5 Å². The van der Waals surface area contributed by atoms with Crippen LogP contribution in [0.1, 0.15) is 24.5 Å². The molecular formula is C13H14ClNO3. The van der Waals surface area contributed by atoms with Crippen molar-refractivity contribution in [1.82, 2.24) is 0 Å². The van der Waals surface area contributed by atoms with Crippen molar-refractivity contribution in [3.05, 3.63) is 22.2 Å². The first-order valence-electron chi connectivity index (χ1n) is 5.91. The first kappa shape index (κ1) is 12.9. The van der Waals surface area contributed by atoms with Gasteiger partial charge in [0.2, 0.25) is 6.08 Å². The Hall–Kier alpha value is -1.51. The summed E-state index contributed by atoms with van der Waals surface area (Å²) in [6, 6.07) is 1.79. The molecule has 2 rings (SSSR count). The maximum Gasteiger partial charge on any atom is 0.235 e. The summed E-state index contributed by atoms with van der Waals surface area (Å²) in [5.74, 6) is 1.29. The molecule has 5 heteroatoms. The molecule has 0 N–H and O–H groups in total. The van der Waals surface area contributed by atoms with Crippen LogP contribution in [-0.4, -0.2) is 19.3 Å². The van der Waals surface area contributed by atoms with Gasteiger partial charge < -0.3 is 9.47 Å². The Kier molecular flexibility index (Phi) is 4.24. The normalized spacial score (nSPS) is 13.7. The highest BCUT2D eigenvalue weighted by Gasteiger charge is 2.20. The van der Waals surface area contributed by atoms with Crippen LogP contribution in [0, 0.1) is 0 Å². The summed E-state index contributed by atoms with van der Waals surface area (Å²) >= 11 is 6.18. The summed E-state index contributed by atoms with van der Waals surface area (Å²) in [5, 5.41) is 0.500. The van der Waals surface area contributed by atoms with Gasteiger partial charge in [-0.05, 0) is 18.1 Å². The second kappa shape index (κ2) is 5.89. The van der Waals surface area contributed by atoms with Crippen molar-refractivity contribution in [1.29, 1.82) is 0 Å². The molecule has 0 amide bonds. The summed E-state index contributed by atoms with van der Waals surface area (Å²) in [5.41, 5.74) is 1.88. The van der Waals surface area contributed by atoms with Gasteiger partial charge in [-0.3, -0.25) is 0 Å². The molecule has 1 aromatic carbocycles. The second-order valence-electron chi connectivity index (χ2n) is 3.97. The first-order chi connectivity index (χ1) is 8.77. The number of hydrogen-bond donors (Lipinski definition) is 0. The molecule has 0 saturated heterocycles. The third-order valence-corrected chi connectivity index (χ3v) is 3.12. The highest BCUT2D eigenvalue weighted by Crippen LogP contribution is 2.42. The van der Waals surface area contributed by atoms with Gasteiger partial charge in [-0.25, -0.2) is 9.79 Å². The molecule has 0 bridgehead atoms. The van der Waals surface area contributed by atoms with Crippen LogP contribution in [0.3, 0.4) is 0 Å². The molecule has 0 radical (unpaired) electrons. The summed E-state index contributed by atoms with van der Waals surface area (Å²) < 4.78 is 11.3. The highest BCUT2D eigenvalue weighted by atomic mass is 35.5. The second-order valence-corrected chi connectivity index (χ2v) is 4.37.